The van der Waals surface area contributed by atoms with Crippen LogP contribution in [0.15, 0.2) is 0 Å². The third kappa shape index (κ3) is 5.39. The van der Waals surface area contributed by atoms with Gasteiger partial charge < -0.3 is 9.80 Å². The molecule has 1 atom stereocenters. The Morgan fingerprint density at radius 1 is 0.808 bits per heavy atom. The highest BCUT2D eigenvalue weighted by atomic mass is 19.3. The van der Waals surface area contributed by atoms with Gasteiger partial charge in [-0.15, -0.1) is 0 Å². The Bertz CT molecular complexity index is 400. The summed E-state index contributed by atoms with van der Waals surface area (Å²) in [6.45, 7) is 16.2. The van der Waals surface area contributed by atoms with Crippen LogP contribution in [0.4, 0.5) is 8.78 Å². The topological polar surface area (TPSA) is 9.72 Å². The van der Waals surface area contributed by atoms with E-state index < -0.39 is 11.8 Å². The summed E-state index contributed by atoms with van der Waals surface area (Å²) < 4.78 is 29.0. The van der Waals surface area contributed by atoms with E-state index in [1.165, 1.54) is 38.9 Å². The fraction of sp³-hybridized carbons (Fsp3) is 1.00. The molecular formula is C21H41F2N3. The van der Waals surface area contributed by atoms with Crippen molar-refractivity contribution in [2.24, 2.45) is 11.3 Å². The Balaban J connectivity index is 0.00000117. The van der Waals surface area contributed by atoms with Crippen LogP contribution in [0.5, 0.6) is 0 Å². The quantitative estimate of drug-likeness (QED) is 0.691. The van der Waals surface area contributed by atoms with E-state index in [4.69, 9.17) is 0 Å². The summed E-state index contributed by atoms with van der Waals surface area (Å²) in [5.41, 5.74) is 0.513. The molecule has 3 heterocycles. The van der Waals surface area contributed by atoms with E-state index in [9.17, 15) is 8.78 Å². The molecule has 1 spiro atoms. The highest BCUT2D eigenvalue weighted by Crippen LogP contribution is 2.41. The largest absolute Gasteiger partial charge is 0.303 e. The molecule has 0 aromatic rings. The van der Waals surface area contributed by atoms with Gasteiger partial charge in [0, 0.05) is 25.6 Å². The van der Waals surface area contributed by atoms with Crippen LogP contribution in [0.1, 0.15) is 59.8 Å². The molecule has 3 nitrogen and oxygen atoms in total. The number of piperidine rings is 2. The molecule has 0 aromatic carbocycles. The molecule has 0 bridgehead atoms. The van der Waals surface area contributed by atoms with Gasteiger partial charge in [0.1, 0.15) is 0 Å². The minimum absolute atomic E-state index is 0.0325. The predicted molar refractivity (Wildman–Crippen MR) is 106 cm³/mol. The number of likely N-dealkylation sites (tertiary alicyclic amines) is 3. The van der Waals surface area contributed by atoms with Gasteiger partial charge in [-0.05, 0) is 70.2 Å². The van der Waals surface area contributed by atoms with Crippen molar-refractivity contribution in [2.45, 2.75) is 65.7 Å². The van der Waals surface area contributed by atoms with Crippen molar-refractivity contribution in [3.63, 3.8) is 0 Å². The van der Waals surface area contributed by atoms with Gasteiger partial charge in [-0.2, -0.15) is 0 Å². The molecule has 0 N–H and O–H groups in total. The van der Waals surface area contributed by atoms with Crippen molar-refractivity contribution in [3.05, 3.63) is 0 Å². The van der Waals surface area contributed by atoms with Crippen molar-refractivity contribution in [2.75, 3.05) is 58.9 Å². The number of nitrogens with zero attached hydrogens (tertiary/aromatic N) is 3. The lowest BCUT2D eigenvalue weighted by atomic mass is 9.71. The Labute approximate surface area is 160 Å². The number of alkyl halides is 2. The van der Waals surface area contributed by atoms with E-state index in [0.717, 1.165) is 32.6 Å². The smallest absolute Gasteiger partial charge is 0.264 e. The van der Waals surface area contributed by atoms with Crippen molar-refractivity contribution >= 4 is 0 Å². The Morgan fingerprint density at radius 2 is 1.38 bits per heavy atom. The number of hydrogen-bond acceptors (Lipinski definition) is 3. The van der Waals surface area contributed by atoms with Crippen molar-refractivity contribution in [1.82, 2.24) is 14.7 Å². The lowest BCUT2D eigenvalue weighted by Crippen LogP contribution is -2.61. The van der Waals surface area contributed by atoms with Crippen LogP contribution >= 0.6 is 0 Å². The average molecular weight is 374 g/mol. The van der Waals surface area contributed by atoms with Crippen LogP contribution in [0.2, 0.25) is 0 Å². The summed E-state index contributed by atoms with van der Waals surface area (Å²) in [4.78, 5) is 6.81. The number of rotatable bonds is 6. The number of hydrogen-bond donors (Lipinski definition) is 0. The molecule has 3 aliphatic heterocycles. The second-order valence-corrected chi connectivity index (χ2v) is 8.53. The second-order valence-electron chi connectivity index (χ2n) is 8.53. The lowest BCUT2D eigenvalue weighted by molar-refractivity contribution is -0.124. The molecular weight excluding hydrogens is 332 g/mol. The van der Waals surface area contributed by atoms with E-state index in [0.29, 0.717) is 18.4 Å². The first kappa shape index (κ1) is 22.0. The van der Waals surface area contributed by atoms with Gasteiger partial charge in [0.2, 0.25) is 0 Å². The van der Waals surface area contributed by atoms with E-state index in [2.05, 4.69) is 23.6 Å². The minimum atomic E-state index is -2.52. The van der Waals surface area contributed by atoms with Gasteiger partial charge in [0.25, 0.3) is 5.92 Å². The van der Waals surface area contributed by atoms with Gasteiger partial charge in [-0.3, -0.25) is 4.90 Å². The Morgan fingerprint density at radius 3 is 1.92 bits per heavy atom. The van der Waals surface area contributed by atoms with E-state index in [-0.39, 0.29) is 6.54 Å². The Hall–Kier alpha value is -0.260. The van der Waals surface area contributed by atoms with Gasteiger partial charge >= 0.3 is 0 Å². The maximum absolute atomic E-state index is 14.5. The summed E-state index contributed by atoms with van der Waals surface area (Å²) in [7, 11) is 0. The van der Waals surface area contributed by atoms with Crippen LogP contribution in [-0.4, -0.2) is 79.5 Å². The van der Waals surface area contributed by atoms with Gasteiger partial charge in [-0.1, -0.05) is 27.7 Å². The summed E-state index contributed by atoms with van der Waals surface area (Å²) in [6, 6.07) is 0. The third-order valence-corrected chi connectivity index (χ3v) is 6.42. The molecule has 0 saturated carbocycles. The fourth-order valence-corrected chi connectivity index (χ4v) is 5.00. The first-order valence-electron chi connectivity index (χ1n) is 11.0. The highest BCUT2D eigenvalue weighted by molar-refractivity contribution is 4.99. The first-order valence-corrected chi connectivity index (χ1v) is 11.0. The highest BCUT2D eigenvalue weighted by Gasteiger charge is 2.47. The molecule has 0 aromatic heterocycles. The van der Waals surface area contributed by atoms with Crippen LogP contribution < -0.4 is 0 Å². The summed E-state index contributed by atoms with van der Waals surface area (Å²) in [5.74, 6) is -2.96. The molecule has 0 aliphatic carbocycles. The molecule has 5 heteroatoms. The standard InChI is InChI=1S/C19H35F2N3.C2H6/c1-3-8-23-10-5-17(19(20,21)16-23)13-22-11-6-18(7-12-22)14-24(15-18)9-4-2;1-2/h17H,3-16H2,1-2H3;1-2H3. The number of halogens is 2. The molecule has 3 saturated heterocycles. The van der Waals surface area contributed by atoms with Crippen molar-refractivity contribution < 1.29 is 8.78 Å². The van der Waals surface area contributed by atoms with Gasteiger partial charge in [0.05, 0.1) is 6.54 Å². The van der Waals surface area contributed by atoms with Crippen LogP contribution in [0.25, 0.3) is 0 Å². The molecule has 0 radical (unpaired) electrons. The normalized spacial score (nSPS) is 29.1. The second kappa shape index (κ2) is 9.79. The van der Waals surface area contributed by atoms with E-state index in [1.54, 1.807) is 0 Å². The van der Waals surface area contributed by atoms with E-state index in [1.807, 2.05) is 18.7 Å². The predicted octanol–water partition coefficient (Wildman–Crippen LogP) is 4.19. The molecule has 26 heavy (non-hydrogen) atoms. The molecule has 154 valence electrons. The van der Waals surface area contributed by atoms with Crippen LogP contribution in [0.3, 0.4) is 0 Å². The van der Waals surface area contributed by atoms with Crippen LogP contribution in [-0.2, 0) is 0 Å². The lowest BCUT2D eigenvalue weighted by Gasteiger charge is -2.54. The summed E-state index contributed by atoms with van der Waals surface area (Å²) in [5, 5.41) is 0. The van der Waals surface area contributed by atoms with Crippen LogP contribution in [0, 0.1) is 11.3 Å². The molecule has 3 rings (SSSR count). The first-order chi connectivity index (χ1) is 12.5. The maximum Gasteiger partial charge on any atom is 0.264 e. The van der Waals surface area contributed by atoms with Gasteiger partial charge in [0.15, 0.2) is 0 Å². The average Bonchev–Trinajstić information content (AvgIpc) is 2.59. The van der Waals surface area contributed by atoms with E-state index >= 15 is 0 Å². The zero-order valence-corrected chi connectivity index (χ0v) is 17.6. The van der Waals surface area contributed by atoms with Crippen molar-refractivity contribution in [1.29, 1.82) is 0 Å². The zero-order valence-electron chi connectivity index (χ0n) is 17.6. The summed E-state index contributed by atoms with van der Waals surface area (Å²) >= 11 is 0. The molecule has 3 fully saturated rings. The SMILES string of the molecule is CC.CCCN1CC2(CCN(CC3CCN(CCC)CC3(F)F)CC2)C1. The molecule has 3 aliphatic rings. The monoisotopic (exact) mass is 373 g/mol. The molecule has 1 unspecified atom stereocenters. The van der Waals surface area contributed by atoms with Crippen molar-refractivity contribution in [3.8, 4) is 0 Å². The fourth-order valence-electron chi connectivity index (χ4n) is 5.00. The summed E-state index contributed by atoms with van der Waals surface area (Å²) in [6.07, 6.45) is 5.25. The molecule has 0 amide bonds. The maximum atomic E-state index is 14.5. The Kier molecular flexibility index (Phi) is 8.30. The zero-order chi connectivity index (χ0) is 19.2. The third-order valence-electron chi connectivity index (χ3n) is 6.42. The van der Waals surface area contributed by atoms with Gasteiger partial charge in [-0.25, -0.2) is 8.78 Å². The minimum Gasteiger partial charge on any atom is -0.303 e.